The van der Waals surface area contributed by atoms with Gasteiger partial charge in [-0.2, -0.15) is 0 Å². The molecule has 7 heteroatoms. The highest BCUT2D eigenvalue weighted by Crippen LogP contribution is 2.26. The lowest BCUT2D eigenvalue weighted by atomic mass is 9.99. The van der Waals surface area contributed by atoms with Crippen molar-refractivity contribution in [3.05, 3.63) is 29.3 Å². The van der Waals surface area contributed by atoms with Gasteiger partial charge in [-0.05, 0) is 64.2 Å². The maximum atomic E-state index is 12.4. The minimum absolute atomic E-state index is 0.0239. The summed E-state index contributed by atoms with van der Waals surface area (Å²) in [5, 5.41) is 2.89. The van der Waals surface area contributed by atoms with Crippen LogP contribution in [-0.2, 0) is 9.59 Å². The van der Waals surface area contributed by atoms with E-state index < -0.39 is 0 Å². The number of benzene rings is 1. The second-order valence-electron chi connectivity index (χ2n) is 7.71. The number of carbonyl (C=O) groups excluding carboxylic acids is 2. The van der Waals surface area contributed by atoms with Crippen molar-refractivity contribution in [2.24, 2.45) is 0 Å². The van der Waals surface area contributed by atoms with Gasteiger partial charge in [-0.1, -0.05) is 36.1 Å². The van der Waals surface area contributed by atoms with Gasteiger partial charge >= 0.3 is 0 Å². The van der Waals surface area contributed by atoms with Crippen molar-refractivity contribution < 1.29 is 9.59 Å². The van der Waals surface area contributed by atoms with Crippen LogP contribution in [0, 0.1) is 13.8 Å². The Bertz CT molecular complexity index is 728. The number of nitrogens with one attached hydrogen (secondary N) is 1. The molecule has 1 aliphatic heterocycles. The summed E-state index contributed by atoms with van der Waals surface area (Å²) in [6.45, 7) is 8.33. The molecule has 154 valence electrons. The Morgan fingerprint density at radius 1 is 1.25 bits per heavy atom. The van der Waals surface area contributed by atoms with Crippen molar-refractivity contribution in [3.63, 3.8) is 0 Å². The molecule has 0 saturated carbocycles. The minimum atomic E-state index is -0.199. The number of hydrogen-bond donors (Lipinski definition) is 1. The van der Waals surface area contributed by atoms with Gasteiger partial charge in [0.15, 0.2) is 0 Å². The molecular weight excluding hydrogens is 390 g/mol. The highest BCUT2D eigenvalue weighted by atomic mass is 32.2. The first-order chi connectivity index (χ1) is 13.2. The fraction of sp³-hybridized carbons (Fsp3) is 0.571. The smallest absolute Gasteiger partial charge is 0.243 e. The van der Waals surface area contributed by atoms with Gasteiger partial charge in [-0.25, -0.2) is 0 Å². The molecule has 0 spiro atoms. The fourth-order valence-electron chi connectivity index (χ4n) is 3.45. The van der Waals surface area contributed by atoms with Crippen LogP contribution >= 0.6 is 24.0 Å². The van der Waals surface area contributed by atoms with E-state index in [4.69, 9.17) is 12.2 Å². The number of hydrogen-bond acceptors (Lipinski definition) is 4. The lowest BCUT2D eigenvalue weighted by molar-refractivity contribution is -0.131. The van der Waals surface area contributed by atoms with Crippen LogP contribution in [0.25, 0.3) is 0 Å². The van der Waals surface area contributed by atoms with Crippen LogP contribution in [0.2, 0.25) is 0 Å². The van der Waals surface area contributed by atoms with E-state index in [0.717, 1.165) is 34.0 Å². The van der Waals surface area contributed by atoms with E-state index in [1.807, 2.05) is 32.0 Å². The molecule has 0 radical (unpaired) electrons. The molecule has 2 atom stereocenters. The predicted molar refractivity (Wildman–Crippen MR) is 122 cm³/mol. The van der Waals surface area contributed by atoms with E-state index in [1.54, 1.807) is 7.05 Å². The van der Waals surface area contributed by atoms with E-state index in [1.165, 1.54) is 23.1 Å². The third-order valence-corrected chi connectivity index (χ3v) is 6.61. The van der Waals surface area contributed by atoms with Crippen molar-refractivity contribution in [2.45, 2.75) is 59.0 Å². The number of likely N-dealkylation sites (N-methyl/N-ethyl adjacent to an activating group) is 1. The first-order valence-corrected chi connectivity index (χ1v) is 11.1. The number of amides is 2. The van der Waals surface area contributed by atoms with E-state index >= 15 is 0 Å². The SMILES string of the molecule is Cc1ccc(C)c(NC(=O)CN(C)C(=O)CSC(=S)N2[C@@H](C)CCC[C@@H]2C)c1. The highest BCUT2D eigenvalue weighted by molar-refractivity contribution is 8.23. The molecule has 28 heavy (non-hydrogen) atoms. The average Bonchev–Trinajstić information content (AvgIpc) is 2.62. The molecule has 1 aromatic rings. The monoisotopic (exact) mass is 421 g/mol. The molecule has 1 fully saturated rings. The minimum Gasteiger partial charge on any atom is -0.352 e. The number of thioether (sulfide) groups is 1. The highest BCUT2D eigenvalue weighted by Gasteiger charge is 2.27. The van der Waals surface area contributed by atoms with Crippen molar-refractivity contribution >= 4 is 45.8 Å². The van der Waals surface area contributed by atoms with Gasteiger partial charge in [-0.3, -0.25) is 9.59 Å². The summed E-state index contributed by atoms with van der Waals surface area (Å²) in [5.41, 5.74) is 2.87. The van der Waals surface area contributed by atoms with Gasteiger partial charge in [0.25, 0.3) is 0 Å². The van der Waals surface area contributed by atoms with Crippen LogP contribution in [0.3, 0.4) is 0 Å². The van der Waals surface area contributed by atoms with Gasteiger partial charge in [0.2, 0.25) is 11.8 Å². The molecular formula is C21H31N3O2S2. The largest absolute Gasteiger partial charge is 0.352 e. The number of anilines is 1. The standard InChI is InChI=1S/C21H31N3O2S2/c1-14-9-10-15(2)18(11-14)22-19(25)12-23(5)20(26)13-28-21(27)24-16(3)7-6-8-17(24)4/h9-11,16-17H,6-8,12-13H2,1-5H3,(H,22,25)/t16-,17-/m0/s1. The number of rotatable bonds is 5. The lowest BCUT2D eigenvalue weighted by Crippen LogP contribution is -2.46. The predicted octanol–water partition coefficient (Wildman–Crippen LogP) is 3.98. The van der Waals surface area contributed by atoms with Crippen LogP contribution in [0.1, 0.15) is 44.2 Å². The summed E-state index contributed by atoms with van der Waals surface area (Å²) >= 11 is 6.97. The second kappa shape index (κ2) is 10.3. The molecule has 5 nitrogen and oxygen atoms in total. The van der Waals surface area contributed by atoms with Crippen molar-refractivity contribution in [3.8, 4) is 0 Å². The summed E-state index contributed by atoms with van der Waals surface area (Å²) in [5.74, 6) is -0.0432. The Hall–Kier alpha value is -1.60. The van der Waals surface area contributed by atoms with E-state index in [9.17, 15) is 9.59 Å². The Morgan fingerprint density at radius 3 is 2.54 bits per heavy atom. The molecule has 0 aliphatic carbocycles. The van der Waals surface area contributed by atoms with Crippen LogP contribution in [0.4, 0.5) is 5.69 Å². The molecule has 1 saturated heterocycles. The van der Waals surface area contributed by atoms with Crippen molar-refractivity contribution in [1.29, 1.82) is 0 Å². The normalized spacial score (nSPS) is 19.2. The van der Waals surface area contributed by atoms with E-state index in [0.29, 0.717) is 12.1 Å². The molecule has 1 aromatic carbocycles. The Balaban J connectivity index is 1.82. The maximum absolute atomic E-state index is 12.4. The molecule has 0 aromatic heterocycles. The fourth-order valence-corrected chi connectivity index (χ4v) is 4.97. The van der Waals surface area contributed by atoms with Gasteiger partial charge in [0.05, 0.1) is 12.3 Å². The number of nitrogens with zero attached hydrogens (tertiary/aromatic N) is 2. The lowest BCUT2D eigenvalue weighted by Gasteiger charge is -2.40. The van der Waals surface area contributed by atoms with Gasteiger partial charge < -0.3 is 15.1 Å². The zero-order chi connectivity index (χ0) is 20.8. The molecule has 0 unspecified atom stereocenters. The van der Waals surface area contributed by atoms with Crippen molar-refractivity contribution in [1.82, 2.24) is 9.80 Å². The molecule has 0 bridgehead atoms. The topological polar surface area (TPSA) is 52.7 Å². The third-order valence-electron chi connectivity index (χ3n) is 5.20. The van der Waals surface area contributed by atoms with Gasteiger partial charge in [0.1, 0.15) is 4.32 Å². The van der Waals surface area contributed by atoms with Gasteiger partial charge in [0, 0.05) is 24.8 Å². The average molecular weight is 422 g/mol. The maximum Gasteiger partial charge on any atom is 0.243 e. The summed E-state index contributed by atoms with van der Waals surface area (Å²) in [6, 6.07) is 6.74. The van der Waals surface area contributed by atoms with Crippen LogP contribution in [-0.4, -0.2) is 57.4 Å². The summed E-state index contributed by atoms with van der Waals surface area (Å²) in [6.07, 6.45) is 3.50. The summed E-state index contributed by atoms with van der Waals surface area (Å²) in [7, 11) is 1.65. The quantitative estimate of drug-likeness (QED) is 0.729. The number of likely N-dealkylation sites (tertiary alicyclic amines) is 1. The first kappa shape index (κ1) is 22.7. The number of piperidine rings is 1. The van der Waals surface area contributed by atoms with Crippen LogP contribution in [0.5, 0.6) is 0 Å². The molecule has 1 aliphatic rings. The molecule has 2 rings (SSSR count). The number of carbonyl (C=O) groups is 2. The van der Waals surface area contributed by atoms with E-state index in [2.05, 4.69) is 24.1 Å². The first-order valence-electron chi connectivity index (χ1n) is 9.75. The van der Waals surface area contributed by atoms with Crippen LogP contribution < -0.4 is 5.32 Å². The van der Waals surface area contributed by atoms with E-state index in [-0.39, 0.29) is 24.1 Å². The zero-order valence-corrected chi connectivity index (χ0v) is 19.1. The number of aryl methyl sites for hydroxylation is 2. The Morgan fingerprint density at radius 2 is 1.89 bits per heavy atom. The molecule has 1 heterocycles. The third kappa shape index (κ3) is 6.21. The molecule has 2 amide bonds. The summed E-state index contributed by atoms with van der Waals surface area (Å²) in [4.78, 5) is 28.5. The van der Waals surface area contributed by atoms with Crippen LogP contribution in [0.15, 0.2) is 18.2 Å². The molecule has 1 N–H and O–H groups in total. The summed E-state index contributed by atoms with van der Waals surface area (Å²) < 4.78 is 0.779. The Labute approximate surface area is 178 Å². The Kier molecular flexibility index (Phi) is 8.31. The van der Waals surface area contributed by atoms with Gasteiger partial charge in [-0.15, -0.1) is 0 Å². The van der Waals surface area contributed by atoms with Crippen molar-refractivity contribution in [2.75, 3.05) is 24.7 Å². The number of thiocarbonyl (C=S) groups is 1. The zero-order valence-electron chi connectivity index (χ0n) is 17.4. The second-order valence-corrected chi connectivity index (χ2v) is 9.32.